The maximum atomic E-state index is 9.88. The molecule has 13 heavy (non-hydrogen) atoms. The molecule has 5 nitrogen and oxygen atoms in total. The van der Waals surface area contributed by atoms with Crippen LogP contribution in [0.4, 0.5) is 5.69 Å². The predicted octanol–water partition coefficient (Wildman–Crippen LogP) is 1.76. The van der Waals surface area contributed by atoms with E-state index in [1.165, 1.54) is 18.2 Å². The Hall–Kier alpha value is -1.62. The minimum absolute atomic E-state index is 0.310. The fraction of sp³-hybridized carbons (Fsp3) is 0.250. The molecule has 0 unspecified atom stereocenters. The molecule has 2 N–H and O–H groups in total. The van der Waals surface area contributed by atoms with Crippen molar-refractivity contribution in [2.45, 2.75) is 0 Å². The summed E-state index contributed by atoms with van der Waals surface area (Å²) in [6, 6.07) is 3.96. The molecular formula is C8H11NO4. The van der Waals surface area contributed by atoms with Crippen LogP contribution in [0.3, 0.4) is 0 Å². The first-order chi connectivity index (χ1) is 6.17. The molecule has 1 aromatic rings. The quantitative estimate of drug-likeness (QED) is 0.653. The maximum absolute atomic E-state index is 9.88. The van der Waals surface area contributed by atoms with E-state index >= 15 is 0 Å². The van der Waals surface area contributed by atoms with E-state index in [1.54, 1.807) is 14.2 Å². The van der Waals surface area contributed by atoms with E-state index in [0.717, 1.165) is 0 Å². The third-order valence-electron chi connectivity index (χ3n) is 1.08. The number of rotatable bonds is 1. The first-order valence-electron chi connectivity index (χ1n) is 3.41. The van der Waals surface area contributed by atoms with Gasteiger partial charge in [0, 0.05) is 14.2 Å². The smallest absolute Gasteiger partial charge is 0.191 e. The van der Waals surface area contributed by atoms with E-state index in [1.807, 2.05) is 0 Å². The van der Waals surface area contributed by atoms with Crippen molar-refractivity contribution in [2.24, 2.45) is 5.18 Å². The Balaban J connectivity index is 0.000000424. The van der Waals surface area contributed by atoms with Crippen LogP contribution in [0.5, 0.6) is 11.5 Å². The van der Waals surface area contributed by atoms with Crippen LogP contribution < -0.4 is 0 Å². The van der Waals surface area contributed by atoms with Crippen molar-refractivity contribution < 1.29 is 14.9 Å². The predicted molar refractivity (Wildman–Crippen MR) is 48.2 cm³/mol. The van der Waals surface area contributed by atoms with Crippen molar-refractivity contribution in [1.29, 1.82) is 0 Å². The van der Waals surface area contributed by atoms with E-state index in [9.17, 15) is 4.91 Å². The molecule has 0 saturated heterocycles. The van der Waals surface area contributed by atoms with Crippen molar-refractivity contribution in [2.75, 3.05) is 14.2 Å². The van der Waals surface area contributed by atoms with Crippen LogP contribution in [0.2, 0.25) is 0 Å². The van der Waals surface area contributed by atoms with Gasteiger partial charge in [0.05, 0.1) is 0 Å². The van der Waals surface area contributed by atoms with Gasteiger partial charge in [0.2, 0.25) is 0 Å². The van der Waals surface area contributed by atoms with E-state index in [0.29, 0.717) is 0 Å². The summed E-state index contributed by atoms with van der Waals surface area (Å²) in [6.45, 7) is 0. The van der Waals surface area contributed by atoms with Gasteiger partial charge in [-0.2, -0.15) is 0 Å². The Labute approximate surface area is 75.6 Å². The third-order valence-corrected chi connectivity index (χ3v) is 1.08. The summed E-state index contributed by atoms with van der Waals surface area (Å²) in [5, 5.41) is 20.1. The minimum atomic E-state index is -0.317. The van der Waals surface area contributed by atoms with Crippen LogP contribution in [0.25, 0.3) is 0 Å². The fourth-order valence-corrected chi connectivity index (χ4v) is 0.613. The fourth-order valence-electron chi connectivity index (χ4n) is 0.613. The lowest BCUT2D eigenvalue weighted by molar-refractivity contribution is 0.277. The molecule has 0 aliphatic carbocycles. The molecule has 0 radical (unpaired) electrons. The monoisotopic (exact) mass is 185 g/mol. The molecule has 0 fully saturated rings. The van der Waals surface area contributed by atoms with Crippen molar-refractivity contribution >= 4 is 5.69 Å². The van der Waals surface area contributed by atoms with Gasteiger partial charge >= 0.3 is 0 Å². The molecule has 0 amide bonds. The summed E-state index contributed by atoms with van der Waals surface area (Å²) < 4.78 is 4.25. The number of ether oxygens (including phenoxy) is 1. The highest BCUT2D eigenvalue weighted by Crippen LogP contribution is 2.34. The van der Waals surface area contributed by atoms with Crippen LogP contribution in [-0.4, -0.2) is 24.4 Å². The summed E-state index contributed by atoms with van der Waals surface area (Å²) in [6.07, 6.45) is 0. The maximum Gasteiger partial charge on any atom is 0.191 e. The number of aromatic hydroxyl groups is 2. The third kappa shape index (κ3) is 3.53. The molecule has 0 heterocycles. The molecule has 72 valence electrons. The number of nitrogens with zero attached hydrogens (tertiary/aromatic N) is 1. The summed E-state index contributed by atoms with van der Waals surface area (Å²) in [5.74, 6) is -0.620. The zero-order chi connectivity index (χ0) is 10.3. The van der Waals surface area contributed by atoms with Gasteiger partial charge in [0.1, 0.15) is 11.5 Å². The molecule has 0 bridgehead atoms. The number of phenolic OH excluding ortho intramolecular Hbond substituents is 2. The van der Waals surface area contributed by atoms with Crippen LogP contribution >= 0.6 is 0 Å². The number of phenols is 2. The van der Waals surface area contributed by atoms with Crippen LogP contribution in [-0.2, 0) is 4.74 Å². The zero-order valence-electron chi connectivity index (χ0n) is 7.39. The zero-order valence-corrected chi connectivity index (χ0v) is 7.39. The lowest BCUT2D eigenvalue weighted by Crippen LogP contribution is -1.67. The Bertz CT molecular complexity index is 255. The second-order valence-electron chi connectivity index (χ2n) is 2.14. The Morgan fingerprint density at radius 3 is 1.85 bits per heavy atom. The number of benzene rings is 1. The van der Waals surface area contributed by atoms with Gasteiger partial charge in [-0.1, -0.05) is 6.07 Å². The lowest BCUT2D eigenvalue weighted by atomic mass is 10.3. The second kappa shape index (κ2) is 5.96. The molecule has 0 saturated carbocycles. The second-order valence-corrected chi connectivity index (χ2v) is 2.14. The topological polar surface area (TPSA) is 79.1 Å². The number of hydrogen-bond acceptors (Lipinski definition) is 5. The summed E-state index contributed by atoms with van der Waals surface area (Å²) in [5.41, 5.74) is -0.317. The summed E-state index contributed by atoms with van der Waals surface area (Å²) in [7, 11) is 3.25. The number of methoxy groups -OCH3 is 1. The molecule has 0 aromatic heterocycles. The normalized spacial score (nSPS) is 8.46. The van der Waals surface area contributed by atoms with Gasteiger partial charge in [-0.15, -0.1) is 4.91 Å². The Kier molecular flexibility index (Phi) is 5.22. The highest BCUT2D eigenvalue weighted by atomic mass is 16.4. The van der Waals surface area contributed by atoms with Crippen LogP contribution in [0.1, 0.15) is 0 Å². The van der Waals surface area contributed by atoms with Crippen molar-refractivity contribution in [3.8, 4) is 11.5 Å². The molecule has 1 rings (SSSR count). The number of hydrogen-bond donors (Lipinski definition) is 2. The minimum Gasteiger partial charge on any atom is -0.505 e. The lowest BCUT2D eigenvalue weighted by Gasteiger charge is -1.95. The molecule has 5 heteroatoms. The first-order valence-corrected chi connectivity index (χ1v) is 3.41. The van der Waals surface area contributed by atoms with Gasteiger partial charge < -0.3 is 14.9 Å². The van der Waals surface area contributed by atoms with Crippen molar-refractivity contribution in [3.63, 3.8) is 0 Å². The Morgan fingerprint density at radius 1 is 1.23 bits per heavy atom. The van der Waals surface area contributed by atoms with Gasteiger partial charge in [-0.05, 0) is 17.3 Å². The molecular weight excluding hydrogens is 174 g/mol. The molecule has 1 aromatic carbocycles. The first kappa shape index (κ1) is 11.4. The summed E-state index contributed by atoms with van der Waals surface area (Å²) in [4.78, 5) is 9.88. The number of nitroso groups, excluding NO2 is 1. The van der Waals surface area contributed by atoms with E-state index < -0.39 is 0 Å². The molecule has 0 aliphatic rings. The van der Waals surface area contributed by atoms with Gasteiger partial charge in [0.15, 0.2) is 5.69 Å². The van der Waals surface area contributed by atoms with Crippen LogP contribution in [0.15, 0.2) is 23.4 Å². The highest BCUT2D eigenvalue weighted by Gasteiger charge is 2.04. The van der Waals surface area contributed by atoms with E-state index in [2.05, 4.69) is 9.91 Å². The average Bonchev–Trinajstić information content (AvgIpc) is 2.06. The van der Waals surface area contributed by atoms with Crippen LogP contribution in [0, 0.1) is 4.91 Å². The Morgan fingerprint density at radius 2 is 1.62 bits per heavy atom. The largest absolute Gasteiger partial charge is 0.505 e. The van der Waals surface area contributed by atoms with Crippen molar-refractivity contribution in [3.05, 3.63) is 23.1 Å². The van der Waals surface area contributed by atoms with Gasteiger partial charge in [0.25, 0.3) is 0 Å². The summed E-state index contributed by atoms with van der Waals surface area (Å²) >= 11 is 0. The van der Waals surface area contributed by atoms with E-state index in [4.69, 9.17) is 10.2 Å². The molecule has 0 spiro atoms. The SMILES string of the molecule is COC.O=Nc1c(O)cccc1O. The molecule has 0 atom stereocenters. The average molecular weight is 185 g/mol. The molecule has 0 aliphatic heterocycles. The van der Waals surface area contributed by atoms with Gasteiger partial charge in [-0.3, -0.25) is 0 Å². The highest BCUT2D eigenvalue weighted by molar-refractivity contribution is 5.60. The van der Waals surface area contributed by atoms with Gasteiger partial charge in [-0.25, -0.2) is 0 Å². The standard InChI is InChI=1S/C6H5NO3.C2H6O/c8-4-2-1-3-5(9)6(4)7-10;1-3-2/h1-3,8-9H;1-2H3. The van der Waals surface area contributed by atoms with Crippen molar-refractivity contribution in [1.82, 2.24) is 0 Å². The van der Waals surface area contributed by atoms with E-state index in [-0.39, 0.29) is 17.2 Å².